The predicted octanol–water partition coefficient (Wildman–Crippen LogP) is 6.72. The second-order valence-electron chi connectivity index (χ2n) is 15.4. The SMILES string of the molecule is C[C@H](COS(C)(=O)=O)Oc1cccc(N=C(C=C(N)C(C)(C)C)NC(=O)N[C@H]2CC[C@@H](Oc3ccc4nnc(N5CCCC[C@@H]5C)n4c3)c3ccccc32)c1. The molecule has 1 saturated heterocycles. The first-order chi connectivity index (χ1) is 26.1. The summed E-state index contributed by atoms with van der Waals surface area (Å²) in [7, 11) is -3.60. The molecule has 55 heavy (non-hydrogen) atoms. The van der Waals surface area contributed by atoms with Crippen LogP contribution >= 0.6 is 0 Å². The van der Waals surface area contributed by atoms with E-state index in [4.69, 9.17) is 24.4 Å². The van der Waals surface area contributed by atoms with Gasteiger partial charge in [0.15, 0.2) is 5.65 Å². The van der Waals surface area contributed by atoms with E-state index in [0.29, 0.717) is 36.0 Å². The van der Waals surface area contributed by atoms with Crippen LogP contribution in [0.1, 0.15) is 90.0 Å². The van der Waals surface area contributed by atoms with E-state index in [9.17, 15) is 13.2 Å². The van der Waals surface area contributed by atoms with Crippen molar-refractivity contribution in [3.63, 3.8) is 0 Å². The van der Waals surface area contributed by atoms with Crippen LogP contribution in [0.5, 0.6) is 11.5 Å². The minimum atomic E-state index is -3.60. The van der Waals surface area contributed by atoms with E-state index in [1.54, 1.807) is 37.3 Å². The van der Waals surface area contributed by atoms with Crippen LogP contribution in [-0.4, -0.2) is 66.4 Å². The number of nitrogens with one attached hydrogen (secondary N) is 2. The lowest BCUT2D eigenvalue weighted by Crippen LogP contribution is -2.42. The summed E-state index contributed by atoms with van der Waals surface area (Å²) in [5.41, 5.74) is 9.83. The number of piperidine rings is 1. The molecule has 0 spiro atoms. The first kappa shape index (κ1) is 39.5. The summed E-state index contributed by atoms with van der Waals surface area (Å²) in [6, 6.07) is 18.5. The van der Waals surface area contributed by atoms with Gasteiger partial charge < -0.3 is 25.4 Å². The van der Waals surface area contributed by atoms with Crippen molar-refractivity contribution < 1.29 is 26.9 Å². The van der Waals surface area contributed by atoms with Gasteiger partial charge in [-0.2, -0.15) is 8.42 Å². The number of urea groups is 1. The van der Waals surface area contributed by atoms with Gasteiger partial charge in [-0.05, 0) is 81.3 Å². The normalized spacial score (nSPS) is 20.1. The number of nitrogens with two attached hydrogens (primary N) is 1. The number of amidine groups is 1. The van der Waals surface area contributed by atoms with E-state index in [1.807, 2.05) is 67.8 Å². The highest BCUT2D eigenvalue weighted by Crippen LogP contribution is 2.39. The highest BCUT2D eigenvalue weighted by Gasteiger charge is 2.30. The van der Waals surface area contributed by atoms with Crippen molar-refractivity contribution in [2.45, 2.75) is 91.0 Å². The maximum absolute atomic E-state index is 13.7. The van der Waals surface area contributed by atoms with Crippen molar-refractivity contribution >= 4 is 39.3 Å². The van der Waals surface area contributed by atoms with Crippen molar-refractivity contribution in [2.75, 3.05) is 24.3 Å². The van der Waals surface area contributed by atoms with Crippen molar-refractivity contribution in [1.82, 2.24) is 25.2 Å². The summed E-state index contributed by atoms with van der Waals surface area (Å²) in [6.45, 7) is 10.7. The smallest absolute Gasteiger partial charge is 0.320 e. The number of pyridine rings is 1. The van der Waals surface area contributed by atoms with Gasteiger partial charge in [-0.25, -0.2) is 9.79 Å². The molecule has 0 bridgehead atoms. The predicted molar refractivity (Wildman–Crippen MR) is 213 cm³/mol. The lowest BCUT2D eigenvalue weighted by atomic mass is 9.85. The zero-order chi connectivity index (χ0) is 39.3. The van der Waals surface area contributed by atoms with Crippen LogP contribution in [0.15, 0.2) is 83.6 Å². The lowest BCUT2D eigenvalue weighted by Gasteiger charge is -2.33. The third-order valence-electron chi connectivity index (χ3n) is 9.76. The number of nitrogens with zero attached hydrogens (tertiary/aromatic N) is 5. The van der Waals surface area contributed by atoms with Crippen LogP contribution in [0, 0.1) is 5.41 Å². The van der Waals surface area contributed by atoms with E-state index in [0.717, 1.165) is 54.1 Å². The van der Waals surface area contributed by atoms with Crippen LogP contribution in [0.2, 0.25) is 0 Å². The summed E-state index contributed by atoms with van der Waals surface area (Å²) in [4.78, 5) is 20.7. The number of aromatic nitrogens is 3. The number of rotatable bonds is 11. The van der Waals surface area contributed by atoms with Crippen molar-refractivity contribution in [2.24, 2.45) is 16.1 Å². The summed E-state index contributed by atoms with van der Waals surface area (Å²) in [5, 5.41) is 15.0. The van der Waals surface area contributed by atoms with E-state index in [-0.39, 0.29) is 30.0 Å². The number of carbonyl (C=O) groups excluding carboxylic acids is 1. The highest BCUT2D eigenvalue weighted by molar-refractivity contribution is 7.85. The van der Waals surface area contributed by atoms with E-state index < -0.39 is 22.3 Å². The van der Waals surface area contributed by atoms with Gasteiger partial charge in [-0.15, -0.1) is 10.2 Å². The van der Waals surface area contributed by atoms with Gasteiger partial charge in [0.1, 0.15) is 36.1 Å². The molecule has 4 N–H and O–H groups in total. The Labute approximate surface area is 323 Å². The fourth-order valence-electron chi connectivity index (χ4n) is 6.73. The molecule has 3 heterocycles. The van der Waals surface area contributed by atoms with Crippen LogP contribution in [0.25, 0.3) is 5.65 Å². The molecule has 2 amide bonds. The Kier molecular flexibility index (Phi) is 12.0. The van der Waals surface area contributed by atoms with Crippen molar-refractivity contribution in [1.29, 1.82) is 0 Å². The molecular formula is C40H52N8O6S. The summed E-state index contributed by atoms with van der Waals surface area (Å²) in [5.74, 6) is 2.25. The van der Waals surface area contributed by atoms with Crippen LogP contribution in [0.4, 0.5) is 16.4 Å². The number of allylic oxidation sites excluding steroid dienone is 1. The van der Waals surface area contributed by atoms with Gasteiger partial charge >= 0.3 is 6.03 Å². The average Bonchev–Trinajstić information content (AvgIpc) is 3.54. The van der Waals surface area contributed by atoms with Gasteiger partial charge in [-0.1, -0.05) is 51.1 Å². The van der Waals surface area contributed by atoms with Gasteiger partial charge in [0, 0.05) is 35.8 Å². The Balaban J connectivity index is 1.17. The molecule has 1 fully saturated rings. The number of hydrogen-bond acceptors (Lipinski definition) is 11. The molecule has 0 saturated carbocycles. The number of aliphatic imine (C=N–C) groups is 1. The first-order valence-corrected chi connectivity index (χ1v) is 20.6. The molecule has 4 atom stereocenters. The Hall–Kier alpha value is -5.15. The monoisotopic (exact) mass is 772 g/mol. The van der Waals surface area contributed by atoms with Crippen LogP contribution < -0.4 is 30.7 Å². The molecule has 294 valence electrons. The molecule has 0 radical (unpaired) electrons. The maximum atomic E-state index is 13.7. The minimum absolute atomic E-state index is 0.139. The first-order valence-electron chi connectivity index (χ1n) is 18.7. The summed E-state index contributed by atoms with van der Waals surface area (Å²) >= 11 is 0. The van der Waals surface area contributed by atoms with E-state index in [1.165, 1.54) is 6.42 Å². The standard InChI is InChI=1S/C40H52N8O6S/c1-26-12-9-10-21-47(26)39-46-45-37-20-17-30(24-48(37)39)54-34-19-18-33(31-15-7-8-16-32(31)34)43-38(49)44-36(23-35(41)40(3,4)5)42-28-13-11-14-29(22-28)53-27(2)25-52-55(6,50)51/h7-8,11,13-17,20,22-24,26-27,33-34H,9-10,12,18-19,21,25,41H2,1-6H3,(H2,42,43,44,49)/t26-,27+,33-,34+/m0/s1. The van der Waals surface area contributed by atoms with Gasteiger partial charge in [0.2, 0.25) is 5.95 Å². The molecule has 14 nitrogen and oxygen atoms in total. The number of benzene rings is 2. The van der Waals surface area contributed by atoms with Crippen LogP contribution in [0.3, 0.4) is 0 Å². The highest BCUT2D eigenvalue weighted by atomic mass is 32.2. The average molecular weight is 773 g/mol. The van der Waals surface area contributed by atoms with Crippen molar-refractivity contribution in [3.8, 4) is 11.5 Å². The number of hydrogen-bond donors (Lipinski definition) is 3. The molecular weight excluding hydrogens is 721 g/mol. The fraction of sp³-hybridized carbons (Fsp3) is 0.450. The molecule has 2 aromatic heterocycles. The number of anilines is 1. The minimum Gasteiger partial charge on any atom is -0.488 e. The second kappa shape index (κ2) is 16.7. The molecule has 0 unspecified atom stereocenters. The number of ether oxygens (including phenoxy) is 2. The Bertz CT molecular complexity index is 2160. The second-order valence-corrected chi connectivity index (χ2v) is 17.0. The zero-order valence-electron chi connectivity index (χ0n) is 32.4. The molecule has 1 aliphatic carbocycles. The van der Waals surface area contributed by atoms with E-state index in [2.05, 4.69) is 32.7 Å². The van der Waals surface area contributed by atoms with Crippen molar-refractivity contribution in [3.05, 3.63) is 89.8 Å². The molecule has 6 rings (SSSR count). The quantitative estimate of drug-likeness (QED) is 0.0843. The zero-order valence-corrected chi connectivity index (χ0v) is 33.2. The third kappa shape index (κ3) is 10.3. The maximum Gasteiger partial charge on any atom is 0.320 e. The van der Waals surface area contributed by atoms with E-state index >= 15 is 0 Å². The Morgan fingerprint density at radius 1 is 1.04 bits per heavy atom. The molecule has 2 aliphatic rings. The number of carbonyl (C=O) groups is 1. The third-order valence-corrected chi connectivity index (χ3v) is 10.3. The largest absolute Gasteiger partial charge is 0.488 e. The molecule has 15 heteroatoms. The lowest BCUT2D eigenvalue weighted by molar-refractivity contribution is 0.147. The van der Waals surface area contributed by atoms with Gasteiger partial charge in [0.05, 0.1) is 24.2 Å². The summed E-state index contributed by atoms with van der Waals surface area (Å²) < 4.78 is 42.2. The molecule has 4 aromatic rings. The Morgan fingerprint density at radius 2 is 1.82 bits per heavy atom. The number of fused-ring (bicyclic) bond motifs is 2. The molecule has 1 aliphatic heterocycles. The topological polar surface area (TPSA) is 175 Å². The van der Waals surface area contributed by atoms with Gasteiger partial charge in [0.25, 0.3) is 10.1 Å². The fourth-order valence-corrected chi connectivity index (χ4v) is 7.17. The Morgan fingerprint density at radius 3 is 2.56 bits per heavy atom. The van der Waals surface area contributed by atoms with Gasteiger partial charge in [-0.3, -0.25) is 13.9 Å². The number of amides is 2. The molecule has 2 aromatic carbocycles. The summed E-state index contributed by atoms with van der Waals surface area (Å²) in [6.07, 6.45) is 8.66. The van der Waals surface area contributed by atoms with Crippen LogP contribution in [-0.2, 0) is 14.3 Å².